The zero-order chi connectivity index (χ0) is 41.7. The molecule has 4 N–H and O–H groups in total. The third-order valence-electron chi connectivity index (χ3n) is 12.6. The molecule has 12 heteroatoms. The zero-order valence-corrected chi connectivity index (χ0v) is 36.5. The van der Waals surface area contributed by atoms with Gasteiger partial charge in [0.05, 0.1) is 72.4 Å². The molecule has 9 heterocycles. The predicted molar refractivity (Wildman–Crippen MR) is 235 cm³/mol. The van der Waals surface area contributed by atoms with Crippen molar-refractivity contribution >= 4 is 22.3 Å². The van der Waals surface area contributed by atoms with Crippen LogP contribution >= 0.6 is 0 Å². The Balaban J connectivity index is 1.47. The van der Waals surface area contributed by atoms with E-state index in [0.717, 1.165) is 131 Å². The number of aromatic amines is 4. The van der Waals surface area contributed by atoms with Crippen LogP contribution in [0, 0.1) is 0 Å². The number of likely N-dealkylation sites (N-methyl/N-ethyl adjacent to an activating group) is 2. The number of aromatic nitrogens is 10. The van der Waals surface area contributed by atoms with Gasteiger partial charge in [-0.2, -0.15) is 0 Å². The van der Waals surface area contributed by atoms with Gasteiger partial charge in [0.1, 0.15) is 60.1 Å². The van der Waals surface area contributed by atoms with Gasteiger partial charge in [-0.1, -0.05) is 0 Å². The monoisotopic (exact) mass is 806 g/mol. The number of hydrogen-bond acceptors (Lipinski definition) is 2. The van der Waals surface area contributed by atoms with Crippen molar-refractivity contribution in [3.05, 3.63) is 160 Å². The Bertz CT molecular complexity index is 2880. The fourth-order valence-corrected chi connectivity index (χ4v) is 9.56. The van der Waals surface area contributed by atoms with Crippen LogP contribution in [0.3, 0.4) is 0 Å². The van der Waals surface area contributed by atoms with Crippen molar-refractivity contribution in [3.8, 4) is 0 Å². The molecule has 12 nitrogen and oxygen atoms in total. The highest BCUT2D eigenvalue weighted by molar-refractivity contribution is 5.79. The molecular weight excluding hydrogens is 745 g/mol. The van der Waals surface area contributed by atoms with Crippen LogP contribution in [-0.2, 0) is 39.3 Å². The summed E-state index contributed by atoms with van der Waals surface area (Å²) in [5.74, 6) is 3.47. The van der Waals surface area contributed by atoms with E-state index >= 15 is 0 Å². The van der Waals surface area contributed by atoms with Gasteiger partial charge in [-0.25, -0.2) is 27.4 Å². The maximum absolute atomic E-state index is 4.04. The van der Waals surface area contributed by atoms with E-state index in [1.807, 2.05) is 0 Å². The van der Waals surface area contributed by atoms with Crippen molar-refractivity contribution in [2.45, 2.75) is 101 Å². The molecule has 0 saturated heterocycles. The smallest absolute Gasteiger partial charge is 0.293 e. The third-order valence-corrected chi connectivity index (χ3v) is 12.6. The summed E-state index contributed by atoms with van der Waals surface area (Å²) >= 11 is 0. The van der Waals surface area contributed by atoms with Crippen LogP contribution in [0.25, 0.3) is 22.3 Å². The fourth-order valence-electron chi connectivity index (χ4n) is 9.56. The molecule has 0 amide bonds. The van der Waals surface area contributed by atoms with Crippen molar-refractivity contribution in [1.29, 1.82) is 0 Å². The normalized spacial score (nSPS) is 14.5. The first kappa shape index (κ1) is 39.1. The Morgan fingerprint density at radius 2 is 0.767 bits per heavy atom. The molecule has 7 aromatic heterocycles. The van der Waals surface area contributed by atoms with E-state index in [-0.39, 0.29) is 6.17 Å². The lowest BCUT2D eigenvalue weighted by molar-refractivity contribution is -0.695. The van der Waals surface area contributed by atoms with Crippen molar-refractivity contribution in [2.24, 2.45) is 0 Å². The maximum Gasteiger partial charge on any atom is 0.293 e. The standard InChI is InChI=1S/C48H59N12/c1-9-53-25-26-54(10-2)45(53)41-33-17-19-35(49-33)42(46-55(11-3)27-28-56(46)12-4)37-21-23-39(51-37)44(48-59(15-7)31-32-60(48)16-8)40-24-22-38(52-40)43(36-20-18-34(41)50-36)47-57(13-5)29-30-58(47)14-6/h17-32,45H,9-16H2,1-8H3,(H2,49,50,51,52)/q+1/p+2. The van der Waals surface area contributed by atoms with Crippen molar-refractivity contribution < 1.29 is 13.7 Å². The largest absolute Gasteiger partial charge is 0.354 e. The minimum absolute atomic E-state index is 0.00430. The Kier molecular flexibility index (Phi) is 10.4. The van der Waals surface area contributed by atoms with Crippen LogP contribution < -0.4 is 35.1 Å². The number of imidazole rings is 3. The Morgan fingerprint density at radius 3 is 1.13 bits per heavy atom. The number of aryl methyl sites for hydroxylation is 6. The average molecular weight is 806 g/mol. The zero-order valence-electron chi connectivity index (χ0n) is 36.5. The van der Waals surface area contributed by atoms with Crippen LogP contribution in [0.5, 0.6) is 0 Å². The highest BCUT2D eigenvalue weighted by atomic mass is 15.4. The van der Waals surface area contributed by atoms with Gasteiger partial charge >= 0.3 is 0 Å². The molecule has 8 bridgehead atoms. The molecule has 310 valence electrons. The summed E-state index contributed by atoms with van der Waals surface area (Å²) in [7, 11) is 0. The molecule has 0 unspecified atom stereocenters. The van der Waals surface area contributed by atoms with Gasteiger partial charge in [-0.15, -0.1) is 0 Å². The minimum Gasteiger partial charge on any atom is -0.354 e. The van der Waals surface area contributed by atoms with Crippen LogP contribution in [0.1, 0.15) is 95.6 Å². The first-order valence-corrected chi connectivity index (χ1v) is 22.1. The van der Waals surface area contributed by atoms with E-state index in [4.69, 9.17) is 0 Å². The van der Waals surface area contributed by atoms with Crippen molar-refractivity contribution in [2.75, 3.05) is 13.1 Å². The lowest BCUT2D eigenvalue weighted by Gasteiger charge is -2.33. The van der Waals surface area contributed by atoms with E-state index in [0.29, 0.717) is 0 Å². The molecule has 60 heavy (non-hydrogen) atoms. The molecular formula is C48H61N12+3. The van der Waals surface area contributed by atoms with Crippen LogP contribution in [0.15, 0.2) is 98.1 Å². The summed E-state index contributed by atoms with van der Waals surface area (Å²) in [5.41, 5.74) is 8.83. The second-order valence-corrected chi connectivity index (χ2v) is 15.6. The lowest BCUT2D eigenvalue weighted by Crippen LogP contribution is -2.42. The van der Waals surface area contributed by atoms with Crippen LogP contribution in [0.2, 0.25) is 0 Å². The van der Waals surface area contributed by atoms with Gasteiger partial charge in [0.2, 0.25) is 0 Å². The quantitative estimate of drug-likeness (QED) is 0.143. The molecule has 0 fully saturated rings. The molecule has 0 radical (unpaired) electrons. The molecule has 0 atom stereocenters. The molecule has 2 aliphatic rings. The molecule has 0 saturated carbocycles. The van der Waals surface area contributed by atoms with Gasteiger partial charge in [0.15, 0.2) is 0 Å². The summed E-state index contributed by atoms with van der Waals surface area (Å²) in [4.78, 5) is 21.0. The molecule has 2 aliphatic heterocycles. The summed E-state index contributed by atoms with van der Waals surface area (Å²) in [6, 6.07) is 18.2. The SMILES string of the molecule is CCN1C=CN(CC)C1C1=c2ccc([nH]2)=C(c2n(CC)cc[n+]2CC)c2ccc([nH]2)C(c2n(CC)cc[n+]2CC)=c2ccc([nH]2)=C(c2n(CC)cc[n+]2CC)c2ccc1[nH]2. The van der Waals surface area contributed by atoms with E-state index < -0.39 is 0 Å². The van der Waals surface area contributed by atoms with E-state index in [9.17, 15) is 0 Å². The predicted octanol–water partition coefficient (Wildman–Crippen LogP) is 3.09. The average Bonchev–Trinajstić information content (AvgIpc) is 4.13. The fraction of sp³-hybridized carbons (Fsp3) is 0.354. The number of hydrogen-bond donors (Lipinski definition) is 4. The molecule has 0 aromatic carbocycles. The topological polar surface area (TPSA) is 96.1 Å². The van der Waals surface area contributed by atoms with Gasteiger partial charge in [0, 0.05) is 42.1 Å². The first-order chi connectivity index (χ1) is 29.4. The molecule has 9 rings (SSSR count). The lowest BCUT2D eigenvalue weighted by atomic mass is 10.1. The number of nitrogens with zero attached hydrogens (tertiary/aromatic N) is 8. The Labute approximate surface area is 352 Å². The summed E-state index contributed by atoms with van der Waals surface area (Å²) in [5, 5.41) is 4.24. The van der Waals surface area contributed by atoms with Gasteiger partial charge in [-0.3, -0.25) is 0 Å². The highest BCUT2D eigenvalue weighted by Gasteiger charge is 2.33. The number of nitrogens with one attached hydrogen (secondary N) is 4. The highest BCUT2D eigenvalue weighted by Crippen LogP contribution is 2.30. The second kappa shape index (κ2) is 16.0. The van der Waals surface area contributed by atoms with E-state index in [2.05, 4.69) is 211 Å². The summed E-state index contributed by atoms with van der Waals surface area (Å²) in [6.45, 7) is 24.7. The first-order valence-electron chi connectivity index (χ1n) is 22.1. The Hall–Kier alpha value is -6.43. The number of H-pyrrole nitrogens is 4. The number of rotatable bonds is 12. The van der Waals surface area contributed by atoms with Crippen LogP contribution in [-0.4, -0.2) is 62.7 Å². The Morgan fingerprint density at radius 1 is 0.417 bits per heavy atom. The van der Waals surface area contributed by atoms with Crippen LogP contribution in [0.4, 0.5) is 0 Å². The maximum atomic E-state index is 4.04. The molecule has 0 aliphatic carbocycles. The van der Waals surface area contributed by atoms with Gasteiger partial charge in [-0.05, 0) is 104 Å². The third kappa shape index (κ3) is 6.22. The van der Waals surface area contributed by atoms with Crippen molar-refractivity contribution in [3.63, 3.8) is 0 Å². The summed E-state index contributed by atoms with van der Waals surface area (Å²) in [6.07, 6.45) is 17.7. The summed E-state index contributed by atoms with van der Waals surface area (Å²) < 4.78 is 14.2. The minimum atomic E-state index is -0.00430. The van der Waals surface area contributed by atoms with Crippen molar-refractivity contribution in [1.82, 2.24) is 43.4 Å². The van der Waals surface area contributed by atoms with E-state index in [1.54, 1.807) is 0 Å². The molecule has 7 aromatic rings. The number of fused-ring (bicyclic) bond motifs is 8. The van der Waals surface area contributed by atoms with Gasteiger partial charge in [0.25, 0.3) is 17.5 Å². The molecule has 0 spiro atoms. The van der Waals surface area contributed by atoms with Gasteiger partial charge < -0.3 is 29.7 Å². The van der Waals surface area contributed by atoms with E-state index in [1.165, 1.54) is 5.57 Å². The second-order valence-electron chi connectivity index (χ2n) is 15.6.